The number of ether oxygens (including phenoxy) is 2. The van der Waals surface area contributed by atoms with E-state index >= 15 is 0 Å². The molecule has 0 aliphatic rings. The van der Waals surface area contributed by atoms with Crippen LogP contribution in [-0.4, -0.2) is 44.9 Å². The van der Waals surface area contributed by atoms with Crippen LogP contribution >= 0.6 is 23.2 Å². The molecule has 0 aromatic heterocycles. The van der Waals surface area contributed by atoms with Crippen LogP contribution in [0.25, 0.3) is 0 Å². The molecule has 12 heavy (non-hydrogen) atoms. The number of halogens is 2. The second-order valence-corrected chi connectivity index (χ2v) is 2.82. The Morgan fingerprint density at radius 3 is 2.33 bits per heavy atom. The van der Waals surface area contributed by atoms with Gasteiger partial charge in [0.2, 0.25) is 0 Å². The maximum Gasteiger partial charge on any atom is 0.146 e. The zero-order valence-electron chi connectivity index (χ0n) is 7.02. The minimum absolute atomic E-state index is 0.315. The molecule has 0 aromatic carbocycles. The van der Waals surface area contributed by atoms with Gasteiger partial charge in [0.15, 0.2) is 0 Å². The highest BCUT2D eigenvalue weighted by Gasteiger charge is 1.88. The highest BCUT2D eigenvalue weighted by Crippen LogP contribution is 1.80. The second-order valence-electron chi connectivity index (χ2n) is 2.06. The van der Waals surface area contributed by atoms with Gasteiger partial charge in [0.05, 0.1) is 13.2 Å². The average Bonchev–Trinajstić information content (AvgIpc) is 2.10. The molecule has 0 aliphatic carbocycles. The molecule has 0 amide bonds. The fraction of sp³-hybridized carbons (Fsp3) is 1.00. The molecule has 0 aliphatic heterocycles. The maximum atomic E-state index is 5.44. The van der Waals surface area contributed by atoms with Gasteiger partial charge in [-0.15, -0.1) is 23.2 Å². The van der Waals surface area contributed by atoms with E-state index in [1.807, 2.05) is 0 Å². The normalized spacial score (nSPS) is 10.5. The van der Waals surface area contributed by atoms with Crippen molar-refractivity contribution in [2.24, 2.45) is 0 Å². The largest absolute Gasteiger partial charge is 0.354 e. The fourth-order valence-electron chi connectivity index (χ4n) is 0.567. The summed E-state index contributed by atoms with van der Waals surface area (Å²) in [7, 11) is 0. The summed E-state index contributed by atoms with van der Waals surface area (Å²) in [6.07, 6.45) is 0. The average molecular weight is 216 g/mol. The summed E-state index contributed by atoms with van der Waals surface area (Å²) in [6, 6.07) is 0. The molecule has 0 unspecified atom stereocenters. The molecule has 0 fully saturated rings. The highest BCUT2D eigenvalue weighted by molar-refractivity contribution is 6.18. The Kier molecular flexibility index (Phi) is 11.9. The van der Waals surface area contributed by atoms with Crippen molar-refractivity contribution in [3.63, 3.8) is 0 Å². The van der Waals surface area contributed by atoms with Crippen LogP contribution in [0.3, 0.4) is 0 Å². The number of hydrogen-bond acceptors (Lipinski definition) is 3. The van der Waals surface area contributed by atoms with Crippen LogP contribution in [0.2, 0.25) is 0 Å². The summed E-state index contributed by atoms with van der Waals surface area (Å²) in [5.74, 6) is 1.14. The van der Waals surface area contributed by atoms with E-state index in [1.54, 1.807) is 0 Å². The van der Waals surface area contributed by atoms with E-state index in [4.69, 9.17) is 32.7 Å². The van der Waals surface area contributed by atoms with Crippen LogP contribution in [0.5, 0.6) is 0 Å². The van der Waals surface area contributed by atoms with Crippen LogP contribution in [0.4, 0.5) is 0 Å². The molecule has 0 heterocycles. The molecule has 0 radical (unpaired) electrons. The molecule has 0 spiro atoms. The summed E-state index contributed by atoms with van der Waals surface area (Å²) < 4.78 is 10.1. The van der Waals surface area contributed by atoms with E-state index in [9.17, 15) is 0 Å². The molecule has 1 N–H and O–H groups in total. The lowest BCUT2D eigenvalue weighted by molar-refractivity contribution is -0.0470. The topological polar surface area (TPSA) is 30.5 Å². The Hall–Kier alpha value is 0.460. The van der Waals surface area contributed by atoms with Crippen LogP contribution in [0.1, 0.15) is 0 Å². The zero-order chi connectivity index (χ0) is 9.07. The van der Waals surface area contributed by atoms with Gasteiger partial charge in [0, 0.05) is 24.8 Å². The standard InChI is InChI=1S/C7H15Cl2NO2/c8-1-3-10-4-6-12-7-11-5-2-9/h10H,1-7H2. The molecular formula is C7H15Cl2NO2. The Morgan fingerprint density at radius 1 is 0.917 bits per heavy atom. The SMILES string of the molecule is ClCCNCCOCOCCCl. The molecule has 0 bridgehead atoms. The van der Waals surface area contributed by atoms with E-state index in [-0.39, 0.29) is 0 Å². The van der Waals surface area contributed by atoms with Crippen LogP contribution in [-0.2, 0) is 9.47 Å². The predicted octanol–water partition coefficient (Wildman–Crippen LogP) is 1.04. The number of hydrogen-bond donors (Lipinski definition) is 1. The molecule has 0 saturated heterocycles. The third-order valence-corrected chi connectivity index (χ3v) is 1.43. The fourth-order valence-corrected chi connectivity index (χ4v) is 0.810. The van der Waals surface area contributed by atoms with Crippen LogP contribution in [0, 0.1) is 0 Å². The summed E-state index contributed by atoms with van der Waals surface area (Å²) in [6.45, 7) is 3.11. The van der Waals surface area contributed by atoms with Crippen molar-refractivity contribution in [2.45, 2.75) is 0 Å². The van der Waals surface area contributed by atoms with Gasteiger partial charge in [0.1, 0.15) is 6.79 Å². The van der Waals surface area contributed by atoms with Crippen molar-refractivity contribution in [3.8, 4) is 0 Å². The predicted molar refractivity (Wildman–Crippen MR) is 51.1 cm³/mol. The Balaban J connectivity index is 2.73. The molecule has 74 valence electrons. The van der Waals surface area contributed by atoms with Gasteiger partial charge >= 0.3 is 0 Å². The molecule has 5 heteroatoms. The lowest BCUT2D eigenvalue weighted by Gasteiger charge is -2.04. The maximum absolute atomic E-state index is 5.44. The van der Waals surface area contributed by atoms with Crippen molar-refractivity contribution < 1.29 is 9.47 Å². The first-order valence-corrected chi connectivity index (χ1v) is 4.97. The van der Waals surface area contributed by atoms with Crippen molar-refractivity contribution in [1.29, 1.82) is 0 Å². The molecular weight excluding hydrogens is 201 g/mol. The quantitative estimate of drug-likeness (QED) is 0.355. The van der Waals surface area contributed by atoms with Gasteiger partial charge in [-0.1, -0.05) is 0 Å². The number of nitrogens with one attached hydrogen (secondary N) is 1. The van der Waals surface area contributed by atoms with Crippen molar-refractivity contribution >= 4 is 23.2 Å². The Bertz CT molecular complexity index is 75.8. The van der Waals surface area contributed by atoms with Crippen molar-refractivity contribution in [1.82, 2.24) is 5.32 Å². The summed E-state index contributed by atoms with van der Waals surface area (Å²) >= 11 is 10.8. The third-order valence-electron chi connectivity index (χ3n) is 1.08. The number of rotatable bonds is 9. The van der Waals surface area contributed by atoms with Gasteiger partial charge in [-0.05, 0) is 0 Å². The van der Waals surface area contributed by atoms with E-state index in [1.165, 1.54) is 0 Å². The summed E-state index contributed by atoms with van der Waals surface area (Å²) in [4.78, 5) is 0. The molecule has 0 aromatic rings. The smallest absolute Gasteiger partial charge is 0.146 e. The van der Waals surface area contributed by atoms with Crippen molar-refractivity contribution in [2.75, 3.05) is 44.9 Å². The van der Waals surface area contributed by atoms with Gasteiger partial charge in [0.25, 0.3) is 0 Å². The van der Waals surface area contributed by atoms with Gasteiger partial charge in [-0.3, -0.25) is 0 Å². The lowest BCUT2D eigenvalue weighted by Crippen LogP contribution is -2.22. The van der Waals surface area contributed by atoms with Crippen LogP contribution in [0.15, 0.2) is 0 Å². The van der Waals surface area contributed by atoms with E-state index in [0.29, 0.717) is 31.8 Å². The van der Waals surface area contributed by atoms with Crippen molar-refractivity contribution in [3.05, 3.63) is 0 Å². The third kappa shape index (κ3) is 10.5. The van der Waals surface area contributed by atoms with E-state index in [2.05, 4.69) is 5.32 Å². The first kappa shape index (κ1) is 12.5. The Labute approximate surface area is 83.3 Å². The first-order valence-electron chi connectivity index (χ1n) is 3.90. The molecule has 0 atom stereocenters. The second kappa shape index (κ2) is 11.5. The summed E-state index contributed by atoms with van der Waals surface area (Å²) in [5, 5.41) is 3.09. The minimum Gasteiger partial charge on any atom is -0.354 e. The van der Waals surface area contributed by atoms with Gasteiger partial charge < -0.3 is 14.8 Å². The summed E-state index contributed by atoms with van der Waals surface area (Å²) in [5.41, 5.74) is 0. The van der Waals surface area contributed by atoms with E-state index < -0.39 is 0 Å². The van der Waals surface area contributed by atoms with Gasteiger partial charge in [-0.25, -0.2) is 0 Å². The Morgan fingerprint density at radius 2 is 1.67 bits per heavy atom. The monoisotopic (exact) mass is 215 g/mol. The number of alkyl halides is 2. The van der Waals surface area contributed by atoms with E-state index in [0.717, 1.165) is 13.1 Å². The highest BCUT2D eigenvalue weighted by atomic mass is 35.5. The van der Waals surface area contributed by atoms with Gasteiger partial charge in [-0.2, -0.15) is 0 Å². The molecule has 0 saturated carbocycles. The van der Waals surface area contributed by atoms with Crippen LogP contribution < -0.4 is 5.32 Å². The lowest BCUT2D eigenvalue weighted by atomic mass is 10.6. The molecule has 0 rings (SSSR count). The molecule has 3 nitrogen and oxygen atoms in total. The first-order chi connectivity index (χ1) is 5.91. The zero-order valence-corrected chi connectivity index (χ0v) is 8.53. The minimum atomic E-state index is 0.315.